The van der Waals surface area contributed by atoms with Crippen LogP contribution in [0.1, 0.15) is 26.8 Å². The van der Waals surface area contributed by atoms with Gasteiger partial charge in [-0.25, -0.2) is 0 Å². The zero-order valence-electron chi connectivity index (χ0n) is 21.3. The van der Waals surface area contributed by atoms with E-state index in [2.05, 4.69) is 31.0 Å². The van der Waals surface area contributed by atoms with Gasteiger partial charge in [-0.1, -0.05) is 29.2 Å². The maximum Gasteiger partial charge on any atom is 0.416 e. The first-order chi connectivity index (χ1) is 19.1. The van der Waals surface area contributed by atoms with Crippen molar-refractivity contribution in [1.82, 2.24) is 30.3 Å². The Morgan fingerprint density at radius 3 is 2.48 bits per heavy atom. The Bertz CT molecular complexity index is 1520. The lowest BCUT2D eigenvalue weighted by Gasteiger charge is -2.14. The number of rotatable bonds is 10. The maximum atomic E-state index is 13.4. The maximum absolute atomic E-state index is 13.4. The molecule has 210 valence electrons. The summed E-state index contributed by atoms with van der Waals surface area (Å²) in [5.41, 5.74) is -0.502. The Morgan fingerprint density at radius 2 is 1.80 bits per heavy atom. The SMILES string of the molecule is COc1ccc(C(=O)NCc2nnc(SCC(=O)Nc3nnc(C)s3)n2-c2cccc(C(F)(F)F)c2)cc1OC. The van der Waals surface area contributed by atoms with E-state index in [-0.39, 0.29) is 34.5 Å². The summed E-state index contributed by atoms with van der Waals surface area (Å²) in [4.78, 5) is 25.3. The largest absolute Gasteiger partial charge is 0.493 e. The van der Waals surface area contributed by atoms with Crippen molar-refractivity contribution in [2.24, 2.45) is 0 Å². The van der Waals surface area contributed by atoms with Crippen LogP contribution in [-0.4, -0.2) is 56.7 Å². The predicted molar refractivity (Wildman–Crippen MR) is 141 cm³/mol. The number of thioether (sulfide) groups is 1. The number of benzene rings is 2. The molecule has 16 heteroatoms. The van der Waals surface area contributed by atoms with Gasteiger partial charge in [-0.2, -0.15) is 13.2 Å². The molecular formula is C24H22F3N7O4S2. The molecule has 2 aromatic heterocycles. The molecule has 11 nitrogen and oxygen atoms in total. The van der Waals surface area contributed by atoms with E-state index in [0.717, 1.165) is 23.9 Å². The van der Waals surface area contributed by atoms with E-state index in [4.69, 9.17) is 9.47 Å². The Balaban J connectivity index is 1.57. The fraction of sp³-hybridized carbons (Fsp3) is 0.250. The van der Waals surface area contributed by atoms with Gasteiger partial charge < -0.3 is 14.8 Å². The average Bonchev–Trinajstić information content (AvgIpc) is 3.54. The molecule has 2 aromatic carbocycles. The minimum Gasteiger partial charge on any atom is -0.493 e. The Hall–Kier alpha value is -4.18. The Morgan fingerprint density at radius 1 is 1.02 bits per heavy atom. The van der Waals surface area contributed by atoms with Gasteiger partial charge in [0.25, 0.3) is 5.91 Å². The number of carbonyl (C=O) groups excluding carboxylic acids is 2. The fourth-order valence-corrected chi connectivity index (χ4v) is 4.84. The van der Waals surface area contributed by atoms with E-state index in [1.54, 1.807) is 13.0 Å². The number of halogens is 3. The Kier molecular flexibility index (Phi) is 8.89. The standard InChI is InChI=1S/C24H22F3N7O4S2/c1-13-30-32-22(40-13)29-20(35)12-39-23-33-31-19(34(23)16-6-4-5-15(10-16)24(25,26)27)11-28-21(36)14-7-8-17(37-2)18(9-14)38-3/h4-10H,11-12H2,1-3H3,(H,28,36)(H,29,32,35). The number of hydrogen-bond donors (Lipinski definition) is 2. The van der Waals surface area contributed by atoms with Crippen LogP contribution in [0.15, 0.2) is 47.6 Å². The quantitative estimate of drug-likeness (QED) is 0.261. The number of methoxy groups -OCH3 is 2. The fourth-order valence-electron chi connectivity index (χ4n) is 3.46. The first kappa shape index (κ1) is 28.8. The molecule has 0 aliphatic heterocycles. The zero-order valence-corrected chi connectivity index (χ0v) is 22.9. The van der Waals surface area contributed by atoms with Crippen molar-refractivity contribution in [3.8, 4) is 17.2 Å². The summed E-state index contributed by atoms with van der Waals surface area (Å²) >= 11 is 2.16. The van der Waals surface area contributed by atoms with E-state index >= 15 is 0 Å². The molecule has 0 radical (unpaired) electrons. The van der Waals surface area contributed by atoms with Gasteiger partial charge in [0.15, 0.2) is 22.5 Å². The minimum absolute atomic E-state index is 0.109. The predicted octanol–water partition coefficient (Wildman–Crippen LogP) is 4.12. The number of alkyl halides is 3. The van der Waals surface area contributed by atoms with Gasteiger partial charge in [0.1, 0.15) is 5.01 Å². The van der Waals surface area contributed by atoms with Crippen LogP contribution < -0.4 is 20.1 Å². The molecule has 0 aliphatic carbocycles. The molecule has 40 heavy (non-hydrogen) atoms. The van der Waals surface area contributed by atoms with Gasteiger partial charge in [-0.3, -0.25) is 19.5 Å². The summed E-state index contributed by atoms with van der Waals surface area (Å²) in [6, 6.07) is 9.18. The molecule has 0 unspecified atom stereocenters. The van der Waals surface area contributed by atoms with Gasteiger partial charge in [-0.05, 0) is 43.3 Å². The van der Waals surface area contributed by atoms with Gasteiger partial charge >= 0.3 is 6.18 Å². The summed E-state index contributed by atoms with van der Waals surface area (Å²) < 4.78 is 52.1. The number of anilines is 1. The lowest BCUT2D eigenvalue weighted by Crippen LogP contribution is -2.25. The first-order valence-corrected chi connectivity index (χ1v) is 13.2. The highest BCUT2D eigenvalue weighted by molar-refractivity contribution is 7.99. The smallest absolute Gasteiger partial charge is 0.416 e. The van der Waals surface area contributed by atoms with Crippen LogP contribution in [0.5, 0.6) is 11.5 Å². The highest BCUT2D eigenvalue weighted by Crippen LogP contribution is 2.32. The van der Waals surface area contributed by atoms with Crippen LogP contribution in [0.2, 0.25) is 0 Å². The normalized spacial score (nSPS) is 11.2. The van der Waals surface area contributed by atoms with Crippen molar-refractivity contribution >= 4 is 40.0 Å². The van der Waals surface area contributed by atoms with Gasteiger partial charge in [-0.15, -0.1) is 20.4 Å². The first-order valence-electron chi connectivity index (χ1n) is 11.4. The number of carbonyl (C=O) groups is 2. The summed E-state index contributed by atoms with van der Waals surface area (Å²) in [7, 11) is 2.90. The third-order valence-corrected chi connectivity index (χ3v) is 6.97. The van der Waals surface area contributed by atoms with Crippen LogP contribution >= 0.6 is 23.1 Å². The summed E-state index contributed by atoms with van der Waals surface area (Å²) in [5.74, 6) is -0.0918. The molecule has 0 fully saturated rings. The number of aromatic nitrogens is 5. The molecule has 4 aromatic rings. The van der Waals surface area contributed by atoms with Crippen LogP contribution in [-0.2, 0) is 17.5 Å². The molecule has 0 aliphatic rings. The second-order valence-corrected chi connectivity index (χ2v) is 10.1. The number of aryl methyl sites for hydroxylation is 1. The van der Waals surface area contributed by atoms with E-state index < -0.39 is 23.6 Å². The molecule has 0 spiro atoms. The van der Waals surface area contributed by atoms with Crippen molar-refractivity contribution in [2.45, 2.75) is 24.8 Å². The highest BCUT2D eigenvalue weighted by Gasteiger charge is 2.31. The van der Waals surface area contributed by atoms with Crippen molar-refractivity contribution in [1.29, 1.82) is 0 Å². The lowest BCUT2D eigenvalue weighted by atomic mass is 10.2. The average molecular weight is 594 g/mol. The molecule has 2 amide bonds. The third kappa shape index (κ3) is 6.87. The molecule has 2 N–H and O–H groups in total. The van der Waals surface area contributed by atoms with E-state index in [1.165, 1.54) is 54.4 Å². The molecule has 2 heterocycles. The minimum atomic E-state index is -4.58. The molecule has 0 saturated carbocycles. The summed E-state index contributed by atoms with van der Waals surface area (Å²) in [5, 5.41) is 22.2. The van der Waals surface area contributed by atoms with Crippen LogP contribution in [0, 0.1) is 6.92 Å². The second-order valence-electron chi connectivity index (χ2n) is 8.00. The summed E-state index contributed by atoms with van der Waals surface area (Å²) in [6.07, 6.45) is -4.58. The lowest BCUT2D eigenvalue weighted by molar-refractivity contribution is -0.137. The van der Waals surface area contributed by atoms with E-state index in [9.17, 15) is 22.8 Å². The zero-order chi connectivity index (χ0) is 28.9. The van der Waals surface area contributed by atoms with Crippen molar-refractivity contribution in [3.05, 3.63) is 64.4 Å². The highest BCUT2D eigenvalue weighted by atomic mass is 32.2. The van der Waals surface area contributed by atoms with Crippen LogP contribution in [0.25, 0.3) is 5.69 Å². The number of nitrogens with one attached hydrogen (secondary N) is 2. The molecule has 4 rings (SSSR count). The number of nitrogens with zero attached hydrogens (tertiary/aromatic N) is 5. The molecule has 0 saturated heterocycles. The topological polar surface area (TPSA) is 133 Å². The number of ether oxygens (including phenoxy) is 2. The van der Waals surface area contributed by atoms with Crippen LogP contribution in [0.3, 0.4) is 0 Å². The van der Waals surface area contributed by atoms with Crippen molar-refractivity contribution in [3.63, 3.8) is 0 Å². The van der Waals surface area contributed by atoms with Gasteiger partial charge in [0, 0.05) is 5.56 Å². The molecule has 0 atom stereocenters. The van der Waals surface area contributed by atoms with Gasteiger partial charge in [0.05, 0.1) is 37.8 Å². The summed E-state index contributed by atoms with van der Waals surface area (Å²) in [6.45, 7) is 1.57. The van der Waals surface area contributed by atoms with E-state index in [0.29, 0.717) is 21.6 Å². The number of amides is 2. The van der Waals surface area contributed by atoms with Crippen LogP contribution in [0.4, 0.5) is 18.3 Å². The Labute approximate surface area is 234 Å². The molecule has 0 bridgehead atoms. The monoisotopic (exact) mass is 593 g/mol. The van der Waals surface area contributed by atoms with E-state index in [1.807, 2.05) is 0 Å². The second kappa shape index (κ2) is 12.3. The third-order valence-electron chi connectivity index (χ3n) is 5.29. The van der Waals surface area contributed by atoms with Crippen molar-refractivity contribution < 1.29 is 32.2 Å². The van der Waals surface area contributed by atoms with Crippen molar-refractivity contribution in [2.75, 3.05) is 25.3 Å². The van der Waals surface area contributed by atoms with Gasteiger partial charge in [0.2, 0.25) is 11.0 Å². The number of hydrogen-bond acceptors (Lipinski definition) is 10. The molecular weight excluding hydrogens is 571 g/mol.